The van der Waals surface area contributed by atoms with Gasteiger partial charge in [0.15, 0.2) is 11.2 Å². The van der Waals surface area contributed by atoms with E-state index in [2.05, 4.69) is 37.6 Å². The van der Waals surface area contributed by atoms with Crippen LogP contribution in [0.2, 0.25) is 0 Å². The molecule has 49 heavy (non-hydrogen) atoms. The van der Waals surface area contributed by atoms with Gasteiger partial charge in [0.05, 0.1) is 39.3 Å². The van der Waals surface area contributed by atoms with Crippen LogP contribution in [0.5, 0.6) is 5.88 Å². The van der Waals surface area contributed by atoms with Crippen LogP contribution >= 0.6 is 15.6 Å². The fourth-order valence-corrected chi connectivity index (χ4v) is 6.88. The number of fused-ring (bicyclic) bond motifs is 2. The summed E-state index contributed by atoms with van der Waals surface area (Å²) in [5.74, 6) is 0.131. The van der Waals surface area contributed by atoms with E-state index in [-0.39, 0.29) is 45.3 Å². The van der Waals surface area contributed by atoms with E-state index < -0.39 is 21.9 Å². The zero-order valence-corrected chi connectivity index (χ0v) is 29.7. The van der Waals surface area contributed by atoms with E-state index in [0.717, 1.165) is 0 Å². The molecule has 272 valence electrons. The molecule has 0 bridgehead atoms. The highest BCUT2D eigenvalue weighted by Gasteiger charge is 2.33. The maximum atomic E-state index is 14.0. The predicted octanol–water partition coefficient (Wildman–Crippen LogP) is 3.03. The van der Waals surface area contributed by atoms with Crippen molar-refractivity contribution in [2.75, 3.05) is 66.9 Å². The number of benzene rings is 1. The van der Waals surface area contributed by atoms with Gasteiger partial charge in [-0.15, -0.1) is 5.10 Å². The smallest absolute Gasteiger partial charge is 0.476 e. The van der Waals surface area contributed by atoms with Crippen molar-refractivity contribution in [1.82, 2.24) is 40.0 Å². The number of rotatable bonds is 26. The fraction of sp³-hybridized carbons (Fsp3) is 0.571. The monoisotopic (exact) mass is 729 g/mol. The summed E-state index contributed by atoms with van der Waals surface area (Å²) in [5.41, 5.74) is 1.96. The molecule has 3 unspecified atom stereocenters. The van der Waals surface area contributed by atoms with Crippen molar-refractivity contribution in [3.8, 4) is 5.88 Å². The summed E-state index contributed by atoms with van der Waals surface area (Å²) >= 11 is 0. The van der Waals surface area contributed by atoms with Crippen LogP contribution in [0.15, 0.2) is 36.9 Å². The standard InChI is InChI=1S/C28H45N9O10P2/c1-5-10-25(36-22-33-26-27(36)31-21-32-28(26)46-37-24-12-7-6-11-23(24)34-35-37)47-49(39,45-20-14-30-3)43-18-9-17-42-48(38,44-19-13-29-2)41-16-8-15-40-4/h6-7,11-12,21-22,25,29H,3,5,8-10,13-20,30H2,1-2,4H3. The number of phosphoric ester groups is 2. The molecule has 0 saturated carbocycles. The molecule has 0 radical (unpaired) electrons. The minimum atomic E-state index is -4.17. The predicted molar refractivity (Wildman–Crippen MR) is 176 cm³/mol. The van der Waals surface area contributed by atoms with E-state index in [1.165, 1.54) is 17.5 Å². The molecule has 3 N–H and O–H groups in total. The highest BCUT2D eigenvalue weighted by molar-refractivity contribution is 7.48. The first-order chi connectivity index (χ1) is 23.8. The quantitative estimate of drug-likeness (QED) is 0.0540. The van der Waals surface area contributed by atoms with E-state index in [9.17, 15) is 9.13 Å². The Hall–Kier alpha value is -2.93. The van der Waals surface area contributed by atoms with E-state index in [1.807, 2.05) is 31.2 Å². The van der Waals surface area contributed by atoms with Crippen LogP contribution in [0.25, 0.3) is 22.2 Å². The Labute approximate surface area is 284 Å². The number of hydrogen-bond donors (Lipinski definition) is 2. The molecule has 0 amide bonds. The molecular formula is C28H45N9O10P2. The zero-order valence-electron chi connectivity index (χ0n) is 27.9. The van der Waals surface area contributed by atoms with Crippen LogP contribution in [-0.4, -0.2) is 102 Å². The van der Waals surface area contributed by atoms with Crippen molar-refractivity contribution in [3.05, 3.63) is 44.0 Å². The van der Waals surface area contributed by atoms with Crippen molar-refractivity contribution >= 4 is 37.8 Å². The SMILES string of the molecule is [CH2-][NH2+]CCOP(=O)(OCCCOP(=O)(OCCCOC)OCCNC)OC(CCC)n1cnc2c(On3nnc4ccccc43)ncnc21. The molecule has 21 heteroatoms. The number of nitrogens with one attached hydrogen (secondary N) is 1. The van der Waals surface area contributed by atoms with Crippen molar-refractivity contribution in [1.29, 1.82) is 0 Å². The number of likely N-dealkylation sites (N-methyl/N-ethyl adjacent to an activating group) is 1. The third-order valence-corrected chi connectivity index (χ3v) is 9.61. The third-order valence-electron chi connectivity index (χ3n) is 6.62. The summed E-state index contributed by atoms with van der Waals surface area (Å²) in [6, 6.07) is 7.30. The molecule has 4 aromatic rings. The summed E-state index contributed by atoms with van der Waals surface area (Å²) in [5, 5.41) is 12.7. The number of quaternary nitrogens is 1. The highest BCUT2D eigenvalue weighted by Crippen LogP contribution is 2.54. The van der Waals surface area contributed by atoms with Gasteiger partial charge in [-0.1, -0.05) is 30.3 Å². The molecule has 0 fully saturated rings. The summed E-state index contributed by atoms with van der Waals surface area (Å²) in [4.78, 5) is 20.3. The Balaban J connectivity index is 1.44. The Morgan fingerprint density at radius 2 is 1.65 bits per heavy atom. The molecule has 0 aliphatic heterocycles. The van der Waals surface area contributed by atoms with Gasteiger partial charge in [0.2, 0.25) is 0 Å². The Morgan fingerprint density at radius 3 is 2.39 bits per heavy atom. The van der Waals surface area contributed by atoms with Gasteiger partial charge in [-0.3, -0.25) is 31.7 Å². The van der Waals surface area contributed by atoms with Gasteiger partial charge in [0.25, 0.3) is 5.88 Å². The number of phosphoric acid groups is 2. The van der Waals surface area contributed by atoms with Gasteiger partial charge >= 0.3 is 15.6 Å². The van der Waals surface area contributed by atoms with Gasteiger partial charge in [0.1, 0.15) is 30.2 Å². The molecular weight excluding hydrogens is 684 g/mol. The minimum absolute atomic E-state index is 0.0383. The van der Waals surface area contributed by atoms with E-state index >= 15 is 0 Å². The third kappa shape index (κ3) is 11.6. The zero-order chi connectivity index (χ0) is 35.0. The molecule has 3 heterocycles. The minimum Gasteiger partial charge on any atom is -0.477 e. The van der Waals surface area contributed by atoms with E-state index in [1.54, 1.807) is 24.0 Å². The lowest BCUT2D eigenvalue weighted by Crippen LogP contribution is -2.77. The van der Waals surface area contributed by atoms with Crippen molar-refractivity contribution in [2.24, 2.45) is 0 Å². The maximum Gasteiger partial charge on any atom is 0.476 e. The summed E-state index contributed by atoms with van der Waals surface area (Å²) in [6.07, 6.45) is 3.71. The normalized spacial score (nSPS) is 15.0. The Bertz CT molecular complexity index is 1660. The molecule has 1 aromatic carbocycles. The van der Waals surface area contributed by atoms with Crippen LogP contribution < -0.4 is 15.5 Å². The number of para-hydroxylation sites is 1. The van der Waals surface area contributed by atoms with Crippen molar-refractivity contribution in [2.45, 2.75) is 38.8 Å². The lowest BCUT2D eigenvalue weighted by Gasteiger charge is -2.25. The number of nitrogens with zero attached hydrogens (tertiary/aromatic N) is 7. The van der Waals surface area contributed by atoms with Crippen LogP contribution in [-0.2, 0) is 41.0 Å². The van der Waals surface area contributed by atoms with Gasteiger partial charge in [-0.25, -0.2) is 19.1 Å². The van der Waals surface area contributed by atoms with Gasteiger partial charge in [0, 0.05) is 20.3 Å². The van der Waals surface area contributed by atoms with Gasteiger partial charge in [-0.05, 0) is 43.7 Å². The van der Waals surface area contributed by atoms with Crippen molar-refractivity contribution in [3.63, 3.8) is 0 Å². The van der Waals surface area contributed by atoms with Crippen LogP contribution in [0.1, 0.15) is 38.8 Å². The summed E-state index contributed by atoms with van der Waals surface area (Å²) < 4.78 is 67.4. The second-order valence-electron chi connectivity index (χ2n) is 10.3. The second-order valence-corrected chi connectivity index (χ2v) is 13.6. The number of aromatic nitrogens is 7. The highest BCUT2D eigenvalue weighted by atomic mass is 31.2. The Morgan fingerprint density at radius 1 is 0.939 bits per heavy atom. The Kier molecular flexibility index (Phi) is 15.9. The first kappa shape index (κ1) is 38.9. The number of nitrogens with two attached hydrogens (primary N) is 1. The van der Waals surface area contributed by atoms with Crippen LogP contribution in [0, 0.1) is 7.05 Å². The number of hydrogen-bond acceptors (Lipinski definition) is 16. The van der Waals surface area contributed by atoms with E-state index in [4.69, 9.17) is 36.7 Å². The second kappa shape index (κ2) is 20.1. The first-order valence-electron chi connectivity index (χ1n) is 15.9. The van der Waals surface area contributed by atoms with Crippen molar-refractivity contribution < 1.29 is 51.2 Å². The number of methoxy groups -OCH3 is 1. The molecule has 0 saturated heterocycles. The van der Waals surface area contributed by atoms with E-state index in [0.29, 0.717) is 61.2 Å². The van der Waals surface area contributed by atoms with Gasteiger partial charge in [-0.2, -0.15) is 12.0 Å². The molecule has 0 aliphatic carbocycles. The topological polar surface area (TPSA) is 211 Å². The molecule has 19 nitrogen and oxygen atoms in total. The van der Waals surface area contributed by atoms with Gasteiger partial charge < -0.3 is 20.2 Å². The largest absolute Gasteiger partial charge is 0.477 e. The fourth-order valence-electron chi connectivity index (χ4n) is 4.25. The average Bonchev–Trinajstić information content (AvgIpc) is 3.72. The molecule has 0 aliphatic rings. The lowest BCUT2D eigenvalue weighted by atomic mass is 10.3. The first-order valence-corrected chi connectivity index (χ1v) is 18.8. The molecule has 3 atom stereocenters. The molecule has 3 aromatic heterocycles. The van der Waals surface area contributed by atoms with Crippen LogP contribution in [0.3, 0.4) is 0 Å². The summed E-state index contributed by atoms with van der Waals surface area (Å²) in [7, 11) is -1.03. The maximum absolute atomic E-state index is 14.0. The number of imidazole rings is 1. The molecule has 4 rings (SSSR count). The summed E-state index contributed by atoms with van der Waals surface area (Å²) in [6.45, 7) is 3.34. The lowest BCUT2D eigenvalue weighted by molar-refractivity contribution is -0.596. The molecule has 0 spiro atoms. The van der Waals surface area contributed by atoms with Crippen LogP contribution in [0.4, 0.5) is 0 Å². The average molecular weight is 730 g/mol. The number of ether oxygens (including phenoxy) is 1.